The lowest BCUT2D eigenvalue weighted by Crippen LogP contribution is -2.62. The molecule has 1 amide bonds. The van der Waals surface area contributed by atoms with Crippen molar-refractivity contribution in [2.45, 2.75) is 31.7 Å². The minimum atomic E-state index is -0.971. The third kappa shape index (κ3) is 2.92. The smallest absolute Gasteiger partial charge is 0.332 e. The number of amides is 1. The number of nitrogens with two attached hydrogens (primary N) is 1. The Bertz CT molecular complexity index is 553. The largest absolute Gasteiger partial charge is 0.467 e. The van der Waals surface area contributed by atoms with E-state index in [0.717, 1.165) is 0 Å². The minimum absolute atomic E-state index is 0.113. The molecular weight excluding hydrogens is 282 g/mol. The molecule has 1 aliphatic heterocycles. The number of carbonyl (C=O) groups excluding carboxylic acids is 2. The molecule has 0 saturated carbocycles. The maximum atomic E-state index is 12.6. The first-order valence-electron chi connectivity index (χ1n) is 7.53. The van der Waals surface area contributed by atoms with E-state index in [1.54, 1.807) is 36.1 Å². The van der Waals surface area contributed by atoms with Gasteiger partial charge >= 0.3 is 5.97 Å². The molecular formula is C16H23N3O3. The highest BCUT2D eigenvalue weighted by molar-refractivity contribution is 6.02. The number of methoxy groups -OCH3 is 1. The fraction of sp³-hybridized carbons (Fsp3) is 0.500. The Morgan fingerprint density at radius 1 is 1.36 bits per heavy atom. The number of nitrogens with zero attached hydrogens (tertiary/aromatic N) is 1. The van der Waals surface area contributed by atoms with Crippen molar-refractivity contribution in [3.05, 3.63) is 24.3 Å². The summed E-state index contributed by atoms with van der Waals surface area (Å²) < 4.78 is 5.03. The molecule has 120 valence electrons. The molecule has 22 heavy (non-hydrogen) atoms. The van der Waals surface area contributed by atoms with Gasteiger partial charge < -0.3 is 15.8 Å². The molecule has 0 bridgehead atoms. The average Bonchev–Trinajstić information content (AvgIpc) is 2.55. The maximum Gasteiger partial charge on any atom is 0.332 e. The number of ether oxygens (including phenoxy) is 1. The van der Waals surface area contributed by atoms with E-state index in [0.29, 0.717) is 43.7 Å². The van der Waals surface area contributed by atoms with Crippen molar-refractivity contribution in [3.8, 4) is 0 Å². The number of benzene rings is 1. The van der Waals surface area contributed by atoms with Gasteiger partial charge in [-0.05, 0) is 44.1 Å². The Kier molecular flexibility index (Phi) is 5.03. The standard InChI is InChI=1S/C16H23N3O3/c1-3-14(20)19(13-6-4-5-12(17)11-13)16(15(21)22-2)7-9-18-10-8-16/h4-6,11,18H,3,7-10,17H2,1-2H3. The van der Waals surface area contributed by atoms with Crippen LogP contribution in [0.4, 0.5) is 11.4 Å². The first-order chi connectivity index (χ1) is 10.5. The second-order valence-corrected chi connectivity index (χ2v) is 5.45. The van der Waals surface area contributed by atoms with Crippen molar-refractivity contribution in [3.63, 3.8) is 0 Å². The van der Waals surface area contributed by atoms with Gasteiger partial charge in [0.25, 0.3) is 0 Å². The van der Waals surface area contributed by atoms with Gasteiger partial charge in [0, 0.05) is 17.8 Å². The summed E-state index contributed by atoms with van der Waals surface area (Å²) in [4.78, 5) is 26.7. The lowest BCUT2D eigenvalue weighted by Gasteiger charge is -2.44. The fourth-order valence-electron chi connectivity index (χ4n) is 3.00. The summed E-state index contributed by atoms with van der Waals surface area (Å²) in [6, 6.07) is 7.06. The van der Waals surface area contributed by atoms with Gasteiger partial charge in [0.05, 0.1) is 7.11 Å². The van der Waals surface area contributed by atoms with Crippen molar-refractivity contribution >= 4 is 23.3 Å². The van der Waals surface area contributed by atoms with Crippen LogP contribution in [0.1, 0.15) is 26.2 Å². The highest BCUT2D eigenvalue weighted by Gasteiger charge is 2.48. The molecule has 0 atom stereocenters. The van der Waals surface area contributed by atoms with Crippen LogP contribution in [0.25, 0.3) is 0 Å². The van der Waals surface area contributed by atoms with Gasteiger partial charge in [-0.1, -0.05) is 13.0 Å². The first-order valence-corrected chi connectivity index (χ1v) is 7.53. The second-order valence-electron chi connectivity index (χ2n) is 5.45. The van der Waals surface area contributed by atoms with Gasteiger partial charge in [0.2, 0.25) is 5.91 Å². The normalized spacial score (nSPS) is 16.8. The van der Waals surface area contributed by atoms with Crippen molar-refractivity contribution in [2.75, 3.05) is 30.8 Å². The molecule has 6 heteroatoms. The molecule has 0 unspecified atom stereocenters. The Balaban J connectivity index is 2.54. The van der Waals surface area contributed by atoms with Gasteiger partial charge in [-0.3, -0.25) is 9.69 Å². The summed E-state index contributed by atoms with van der Waals surface area (Å²) in [6.07, 6.45) is 1.33. The van der Waals surface area contributed by atoms with E-state index in [1.807, 2.05) is 0 Å². The van der Waals surface area contributed by atoms with Crippen LogP contribution in [-0.4, -0.2) is 37.6 Å². The zero-order valence-electron chi connectivity index (χ0n) is 13.1. The van der Waals surface area contributed by atoms with Crippen LogP contribution >= 0.6 is 0 Å². The molecule has 1 saturated heterocycles. The van der Waals surface area contributed by atoms with Gasteiger partial charge in [0.15, 0.2) is 0 Å². The number of nitrogen functional groups attached to an aromatic ring is 1. The molecule has 1 aromatic rings. The third-order valence-corrected chi connectivity index (χ3v) is 4.10. The maximum absolute atomic E-state index is 12.6. The predicted molar refractivity (Wildman–Crippen MR) is 85.5 cm³/mol. The second kappa shape index (κ2) is 6.79. The summed E-state index contributed by atoms with van der Waals surface area (Å²) in [5.74, 6) is -0.490. The molecule has 2 rings (SSSR count). The first kappa shape index (κ1) is 16.3. The van der Waals surface area contributed by atoms with E-state index in [9.17, 15) is 9.59 Å². The number of esters is 1. The lowest BCUT2D eigenvalue weighted by molar-refractivity contribution is -0.150. The number of hydrogen-bond donors (Lipinski definition) is 2. The van der Waals surface area contributed by atoms with E-state index in [1.165, 1.54) is 7.11 Å². The van der Waals surface area contributed by atoms with Gasteiger partial charge in [-0.2, -0.15) is 0 Å². The summed E-state index contributed by atoms with van der Waals surface area (Å²) >= 11 is 0. The summed E-state index contributed by atoms with van der Waals surface area (Å²) in [5.41, 5.74) is 6.08. The van der Waals surface area contributed by atoms with Gasteiger partial charge in [0.1, 0.15) is 5.54 Å². The zero-order valence-corrected chi connectivity index (χ0v) is 13.1. The molecule has 0 aliphatic carbocycles. The van der Waals surface area contributed by atoms with Crippen LogP contribution in [0.3, 0.4) is 0 Å². The quantitative estimate of drug-likeness (QED) is 0.647. The third-order valence-electron chi connectivity index (χ3n) is 4.10. The molecule has 1 aliphatic rings. The lowest BCUT2D eigenvalue weighted by atomic mass is 9.85. The summed E-state index contributed by atoms with van der Waals surface area (Å²) in [6.45, 7) is 3.10. The summed E-state index contributed by atoms with van der Waals surface area (Å²) in [7, 11) is 1.36. The van der Waals surface area contributed by atoms with E-state index >= 15 is 0 Å². The number of anilines is 2. The SMILES string of the molecule is CCC(=O)N(c1cccc(N)c1)C1(C(=O)OC)CCNCC1. The number of nitrogens with one attached hydrogen (secondary N) is 1. The van der Waals surface area contributed by atoms with E-state index in [4.69, 9.17) is 10.5 Å². The van der Waals surface area contributed by atoms with Gasteiger partial charge in [-0.15, -0.1) is 0 Å². The monoisotopic (exact) mass is 305 g/mol. The van der Waals surface area contributed by atoms with Crippen LogP contribution in [0.5, 0.6) is 0 Å². The molecule has 0 spiro atoms. The number of hydrogen-bond acceptors (Lipinski definition) is 5. The highest BCUT2D eigenvalue weighted by Crippen LogP contribution is 2.34. The minimum Gasteiger partial charge on any atom is -0.467 e. The predicted octanol–water partition coefficient (Wildman–Crippen LogP) is 1.31. The number of piperidine rings is 1. The van der Waals surface area contributed by atoms with Crippen LogP contribution in [0.2, 0.25) is 0 Å². The molecule has 1 aromatic carbocycles. The Hall–Kier alpha value is -2.08. The van der Waals surface area contributed by atoms with Crippen LogP contribution in [0.15, 0.2) is 24.3 Å². The molecule has 6 nitrogen and oxygen atoms in total. The van der Waals surface area contributed by atoms with Crippen LogP contribution in [0, 0.1) is 0 Å². The molecule has 1 heterocycles. The van der Waals surface area contributed by atoms with Gasteiger partial charge in [-0.25, -0.2) is 4.79 Å². The average molecular weight is 305 g/mol. The van der Waals surface area contributed by atoms with E-state index < -0.39 is 5.54 Å². The van der Waals surface area contributed by atoms with Crippen molar-refractivity contribution in [1.29, 1.82) is 0 Å². The Labute approximate surface area is 130 Å². The molecule has 0 aromatic heterocycles. The van der Waals surface area contributed by atoms with Crippen LogP contribution in [-0.2, 0) is 14.3 Å². The van der Waals surface area contributed by atoms with E-state index in [2.05, 4.69) is 5.32 Å². The molecule has 0 radical (unpaired) electrons. The van der Waals surface area contributed by atoms with Crippen molar-refractivity contribution in [2.24, 2.45) is 0 Å². The molecule has 1 fully saturated rings. The van der Waals surface area contributed by atoms with Crippen molar-refractivity contribution in [1.82, 2.24) is 5.32 Å². The number of rotatable bonds is 4. The Morgan fingerprint density at radius 3 is 2.59 bits per heavy atom. The zero-order chi connectivity index (χ0) is 16.2. The Morgan fingerprint density at radius 2 is 2.05 bits per heavy atom. The van der Waals surface area contributed by atoms with Crippen LogP contribution < -0.4 is 16.0 Å². The topological polar surface area (TPSA) is 84.7 Å². The highest BCUT2D eigenvalue weighted by atomic mass is 16.5. The molecule has 3 N–H and O–H groups in total. The fourth-order valence-corrected chi connectivity index (χ4v) is 3.00. The summed E-state index contributed by atoms with van der Waals surface area (Å²) in [5, 5.41) is 3.22. The van der Waals surface area contributed by atoms with Crippen molar-refractivity contribution < 1.29 is 14.3 Å². The number of carbonyl (C=O) groups is 2. The van der Waals surface area contributed by atoms with E-state index in [-0.39, 0.29) is 11.9 Å².